The van der Waals surface area contributed by atoms with Gasteiger partial charge in [0.1, 0.15) is 0 Å². The fourth-order valence-electron chi connectivity index (χ4n) is 1.10. The minimum atomic E-state index is 0.440. The standard InChI is InChI=1S/C10H13N/c1-8-3-4-10(5-6-11)7-9(8)2/h3-4,6-7,9,11H,1,5H2,2H3. The van der Waals surface area contributed by atoms with Gasteiger partial charge >= 0.3 is 0 Å². The Morgan fingerprint density at radius 2 is 2.36 bits per heavy atom. The summed E-state index contributed by atoms with van der Waals surface area (Å²) < 4.78 is 0. The molecular formula is C10H13N. The van der Waals surface area contributed by atoms with Gasteiger partial charge in [0.15, 0.2) is 0 Å². The Morgan fingerprint density at radius 3 is 2.91 bits per heavy atom. The van der Waals surface area contributed by atoms with Crippen LogP contribution in [0.25, 0.3) is 0 Å². The molecule has 0 aliphatic heterocycles. The van der Waals surface area contributed by atoms with E-state index < -0.39 is 0 Å². The van der Waals surface area contributed by atoms with Crippen LogP contribution in [0.3, 0.4) is 0 Å². The average molecular weight is 147 g/mol. The Labute approximate surface area is 67.6 Å². The molecule has 0 saturated carbocycles. The first-order valence-corrected chi connectivity index (χ1v) is 3.80. The van der Waals surface area contributed by atoms with Gasteiger partial charge in [0.2, 0.25) is 0 Å². The third-order valence-electron chi connectivity index (χ3n) is 1.90. The molecule has 1 aliphatic carbocycles. The van der Waals surface area contributed by atoms with Crippen LogP contribution in [0.1, 0.15) is 13.3 Å². The fourth-order valence-corrected chi connectivity index (χ4v) is 1.10. The second kappa shape index (κ2) is 3.33. The molecule has 0 aromatic carbocycles. The Hall–Kier alpha value is -1.11. The molecule has 0 heterocycles. The molecule has 1 heteroatoms. The minimum Gasteiger partial charge on any atom is -0.313 e. The summed E-state index contributed by atoms with van der Waals surface area (Å²) in [5.74, 6) is 0.440. The van der Waals surface area contributed by atoms with Crippen LogP contribution in [0.2, 0.25) is 0 Å². The van der Waals surface area contributed by atoms with Crippen molar-refractivity contribution in [3.63, 3.8) is 0 Å². The average Bonchev–Trinajstić information content (AvgIpc) is 1.98. The van der Waals surface area contributed by atoms with Gasteiger partial charge in [-0.3, -0.25) is 0 Å². The van der Waals surface area contributed by atoms with Crippen LogP contribution in [0.15, 0.2) is 36.0 Å². The van der Waals surface area contributed by atoms with Crippen LogP contribution in [-0.2, 0) is 0 Å². The van der Waals surface area contributed by atoms with Gasteiger partial charge in [0.05, 0.1) is 0 Å². The van der Waals surface area contributed by atoms with Crippen LogP contribution in [-0.4, -0.2) is 6.21 Å². The van der Waals surface area contributed by atoms with E-state index in [-0.39, 0.29) is 0 Å². The summed E-state index contributed by atoms with van der Waals surface area (Å²) >= 11 is 0. The third-order valence-corrected chi connectivity index (χ3v) is 1.90. The van der Waals surface area contributed by atoms with Gasteiger partial charge in [0, 0.05) is 6.42 Å². The predicted molar refractivity (Wildman–Crippen MR) is 48.9 cm³/mol. The highest BCUT2D eigenvalue weighted by Crippen LogP contribution is 2.21. The van der Waals surface area contributed by atoms with E-state index in [0.717, 1.165) is 12.0 Å². The molecule has 58 valence electrons. The van der Waals surface area contributed by atoms with Crippen LogP contribution in [0.4, 0.5) is 0 Å². The molecule has 0 aromatic rings. The van der Waals surface area contributed by atoms with Crippen molar-refractivity contribution < 1.29 is 0 Å². The molecule has 1 atom stereocenters. The smallest absolute Gasteiger partial charge is 0.00685 e. The van der Waals surface area contributed by atoms with Crippen molar-refractivity contribution in [1.29, 1.82) is 5.41 Å². The number of allylic oxidation sites excluding steroid dienone is 5. The SMILES string of the molecule is C=C1C=CC(CC=N)=CC1C. The molecule has 1 nitrogen and oxygen atoms in total. The molecule has 0 amide bonds. The van der Waals surface area contributed by atoms with E-state index in [1.54, 1.807) is 0 Å². The summed E-state index contributed by atoms with van der Waals surface area (Å²) in [4.78, 5) is 0. The van der Waals surface area contributed by atoms with Crippen molar-refractivity contribution in [2.24, 2.45) is 5.92 Å². The molecule has 0 saturated heterocycles. The van der Waals surface area contributed by atoms with Crippen molar-refractivity contribution in [2.75, 3.05) is 0 Å². The first kappa shape index (κ1) is 7.99. The van der Waals surface area contributed by atoms with E-state index >= 15 is 0 Å². The van der Waals surface area contributed by atoms with Crippen molar-refractivity contribution in [2.45, 2.75) is 13.3 Å². The van der Waals surface area contributed by atoms with Crippen molar-refractivity contribution in [1.82, 2.24) is 0 Å². The van der Waals surface area contributed by atoms with Gasteiger partial charge < -0.3 is 5.41 Å². The van der Waals surface area contributed by atoms with Crippen molar-refractivity contribution in [3.8, 4) is 0 Å². The Balaban J connectivity index is 2.71. The number of nitrogens with one attached hydrogen (secondary N) is 1. The molecule has 0 radical (unpaired) electrons. The second-order valence-corrected chi connectivity index (χ2v) is 2.85. The molecule has 0 bridgehead atoms. The largest absolute Gasteiger partial charge is 0.313 e. The normalized spacial score (nSPS) is 23.2. The van der Waals surface area contributed by atoms with Crippen molar-refractivity contribution >= 4 is 6.21 Å². The van der Waals surface area contributed by atoms with Gasteiger partial charge in [-0.15, -0.1) is 0 Å². The Bertz CT molecular complexity index is 233. The maximum Gasteiger partial charge on any atom is 0.00685 e. The van der Waals surface area contributed by atoms with E-state index in [2.05, 4.69) is 19.6 Å². The van der Waals surface area contributed by atoms with Crippen LogP contribution < -0.4 is 0 Å². The zero-order valence-electron chi connectivity index (χ0n) is 6.80. The monoisotopic (exact) mass is 147 g/mol. The maximum atomic E-state index is 6.93. The summed E-state index contributed by atoms with van der Waals surface area (Å²) in [7, 11) is 0. The molecule has 1 unspecified atom stereocenters. The summed E-state index contributed by atoms with van der Waals surface area (Å²) in [6, 6.07) is 0. The fraction of sp³-hybridized carbons (Fsp3) is 0.300. The maximum absolute atomic E-state index is 6.93. The quantitative estimate of drug-likeness (QED) is 0.581. The van der Waals surface area contributed by atoms with Gasteiger partial charge in [-0.25, -0.2) is 0 Å². The highest BCUT2D eigenvalue weighted by Gasteiger charge is 2.05. The van der Waals surface area contributed by atoms with Crippen molar-refractivity contribution in [3.05, 3.63) is 36.0 Å². The lowest BCUT2D eigenvalue weighted by molar-refractivity contribution is 0.873. The molecule has 11 heavy (non-hydrogen) atoms. The van der Waals surface area contributed by atoms with Crippen LogP contribution >= 0.6 is 0 Å². The lowest BCUT2D eigenvalue weighted by Crippen LogP contribution is -1.98. The number of rotatable bonds is 2. The summed E-state index contributed by atoms with van der Waals surface area (Å²) in [6.07, 6.45) is 8.40. The molecule has 1 aliphatic rings. The Kier molecular flexibility index (Phi) is 2.42. The second-order valence-electron chi connectivity index (χ2n) is 2.85. The molecule has 1 N–H and O–H groups in total. The van der Waals surface area contributed by atoms with E-state index in [1.165, 1.54) is 11.8 Å². The highest BCUT2D eigenvalue weighted by atomic mass is 14.3. The zero-order chi connectivity index (χ0) is 8.27. The van der Waals surface area contributed by atoms with Crippen LogP contribution in [0, 0.1) is 11.3 Å². The summed E-state index contributed by atoms with van der Waals surface area (Å²) in [6.45, 7) is 6.02. The molecule has 0 fully saturated rings. The third kappa shape index (κ3) is 1.90. The van der Waals surface area contributed by atoms with Crippen LogP contribution in [0.5, 0.6) is 0 Å². The van der Waals surface area contributed by atoms with E-state index in [9.17, 15) is 0 Å². The van der Waals surface area contributed by atoms with E-state index in [4.69, 9.17) is 5.41 Å². The molecule has 1 rings (SSSR count). The summed E-state index contributed by atoms with van der Waals surface area (Å²) in [5.41, 5.74) is 2.37. The van der Waals surface area contributed by atoms with E-state index in [0.29, 0.717) is 5.92 Å². The molecule has 0 spiro atoms. The van der Waals surface area contributed by atoms with Gasteiger partial charge in [-0.1, -0.05) is 31.7 Å². The predicted octanol–water partition coefficient (Wildman–Crippen LogP) is 2.71. The van der Waals surface area contributed by atoms with Gasteiger partial charge in [-0.2, -0.15) is 0 Å². The number of hydrogen-bond donors (Lipinski definition) is 1. The summed E-state index contributed by atoms with van der Waals surface area (Å²) in [5, 5.41) is 6.93. The molecule has 0 aromatic heterocycles. The topological polar surface area (TPSA) is 23.9 Å². The first-order valence-electron chi connectivity index (χ1n) is 3.80. The number of hydrogen-bond acceptors (Lipinski definition) is 1. The lowest BCUT2D eigenvalue weighted by Gasteiger charge is -2.13. The minimum absolute atomic E-state index is 0.440. The molecular weight excluding hydrogens is 134 g/mol. The van der Waals surface area contributed by atoms with E-state index in [1.807, 2.05) is 12.2 Å². The highest BCUT2D eigenvalue weighted by molar-refractivity contribution is 5.60. The van der Waals surface area contributed by atoms with Gasteiger partial charge in [-0.05, 0) is 23.3 Å². The Morgan fingerprint density at radius 1 is 1.64 bits per heavy atom. The first-order chi connectivity index (χ1) is 5.24. The van der Waals surface area contributed by atoms with Gasteiger partial charge in [0.25, 0.3) is 0 Å². The lowest BCUT2D eigenvalue weighted by atomic mass is 9.93. The zero-order valence-corrected chi connectivity index (χ0v) is 6.80.